The van der Waals surface area contributed by atoms with Gasteiger partial charge in [0, 0.05) is 11.1 Å². The summed E-state index contributed by atoms with van der Waals surface area (Å²) in [6, 6.07) is 14.2. The highest BCUT2D eigenvalue weighted by molar-refractivity contribution is 6.15. The van der Waals surface area contributed by atoms with Gasteiger partial charge >= 0.3 is 5.97 Å². The topological polar surface area (TPSA) is 90.1 Å². The van der Waals surface area contributed by atoms with Crippen molar-refractivity contribution in [3.05, 3.63) is 65.7 Å². The van der Waals surface area contributed by atoms with Gasteiger partial charge in [0.2, 0.25) is 0 Å². The Hall–Kier alpha value is -2.66. The van der Waals surface area contributed by atoms with Crippen molar-refractivity contribution in [2.24, 2.45) is 4.99 Å². The minimum Gasteiger partial charge on any atom is -0.507 e. The van der Waals surface area contributed by atoms with E-state index in [2.05, 4.69) is 4.99 Å². The van der Waals surface area contributed by atoms with Crippen molar-refractivity contribution in [2.45, 2.75) is 6.04 Å². The number of rotatable bonds is 5. The predicted octanol–water partition coefficient (Wildman–Crippen LogP) is 1.68. The Morgan fingerprint density at radius 3 is 2.24 bits per heavy atom. The Bertz CT molecular complexity index is 652. The standard InChI is InChI=1S/C16H15NO4/c18-10-13(16(20)21)17-15(11-6-2-1-3-7-11)12-8-4-5-9-14(12)19/h1-9,13,18-19H,10H2,(H,20,21)/t13-/m1/s1. The summed E-state index contributed by atoms with van der Waals surface area (Å²) in [6.45, 7) is -0.612. The van der Waals surface area contributed by atoms with Gasteiger partial charge in [0.05, 0.1) is 12.3 Å². The molecule has 108 valence electrons. The van der Waals surface area contributed by atoms with Crippen LogP contribution < -0.4 is 0 Å². The molecule has 0 saturated carbocycles. The number of carboxylic acid groups (broad SMARTS) is 1. The smallest absolute Gasteiger partial charge is 0.330 e. The van der Waals surface area contributed by atoms with Crippen LogP contribution in [0.3, 0.4) is 0 Å². The molecular formula is C16H15NO4. The number of hydrogen-bond acceptors (Lipinski definition) is 4. The molecule has 0 aliphatic heterocycles. The van der Waals surface area contributed by atoms with E-state index in [9.17, 15) is 9.90 Å². The molecule has 0 aromatic heterocycles. The number of aliphatic carboxylic acids is 1. The van der Waals surface area contributed by atoms with Crippen molar-refractivity contribution in [3.8, 4) is 5.75 Å². The Balaban J connectivity index is 2.58. The molecule has 2 rings (SSSR count). The number of aromatic hydroxyl groups is 1. The van der Waals surface area contributed by atoms with Gasteiger partial charge in [-0.3, -0.25) is 4.99 Å². The summed E-state index contributed by atoms with van der Waals surface area (Å²) in [4.78, 5) is 15.2. The third-order valence-corrected chi connectivity index (χ3v) is 2.95. The minimum absolute atomic E-state index is 0.00202. The fourth-order valence-corrected chi connectivity index (χ4v) is 1.90. The van der Waals surface area contributed by atoms with E-state index in [-0.39, 0.29) is 5.75 Å². The second kappa shape index (κ2) is 6.67. The maximum atomic E-state index is 11.1. The highest BCUT2D eigenvalue weighted by atomic mass is 16.4. The molecule has 0 aliphatic carbocycles. The summed E-state index contributed by atoms with van der Waals surface area (Å²) in [5.41, 5.74) is 1.41. The number of nitrogens with zero attached hydrogens (tertiary/aromatic N) is 1. The molecule has 0 saturated heterocycles. The van der Waals surface area contributed by atoms with Crippen LogP contribution in [0.25, 0.3) is 0 Å². The minimum atomic E-state index is -1.28. The van der Waals surface area contributed by atoms with Crippen LogP contribution in [-0.4, -0.2) is 39.6 Å². The van der Waals surface area contributed by atoms with Gasteiger partial charge in [0.15, 0.2) is 6.04 Å². The van der Waals surface area contributed by atoms with Crippen LogP contribution in [-0.2, 0) is 4.79 Å². The summed E-state index contributed by atoms with van der Waals surface area (Å²) in [5.74, 6) is -1.22. The first-order valence-corrected chi connectivity index (χ1v) is 6.38. The van der Waals surface area contributed by atoms with Gasteiger partial charge in [0.1, 0.15) is 5.75 Å². The number of para-hydroxylation sites is 1. The molecule has 2 aromatic carbocycles. The van der Waals surface area contributed by atoms with Gasteiger partial charge in [-0.25, -0.2) is 4.79 Å². The van der Waals surface area contributed by atoms with E-state index < -0.39 is 18.6 Å². The maximum Gasteiger partial charge on any atom is 0.330 e. The fourth-order valence-electron chi connectivity index (χ4n) is 1.90. The second-order valence-corrected chi connectivity index (χ2v) is 4.40. The van der Waals surface area contributed by atoms with Crippen LogP contribution in [0.1, 0.15) is 11.1 Å². The molecule has 0 fully saturated rings. The highest BCUT2D eigenvalue weighted by Gasteiger charge is 2.18. The monoisotopic (exact) mass is 285 g/mol. The first-order valence-electron chi connectivity index (χ1n) is 6.38. The first kappa shape index (κ1) is 14.7. The van der Waals surface area contributed by atoms with Gasteiger partial charge in [-0.05, 0) is 12.1 Å². The molecule has 5 nitrogen and oxygen atoms in total. The van der Waals surface area contributed by atoms with Crippen molar-refractivity contribution in [3.63, 3.8) is 0 Å². The second-order valence-electron chi connectivity index (χ2n) is 4.40. The summed E-state index contributed by atoms with van der Waals surface area (Å²) < 4.78 is 0. The van der Waals surface area contributed by atoms with Gasteiger partial charge in [-0.1, -0.05) is 42.5 Å². The fraction of sp³-hybridized carbons (Fsp3) is 0.125. The predicted molar refractivity (Wildman–Crippen MR) is 78.7 cm³/mol. The van der Waals surface area contributed by atoms with E-state index in [1.54, 1.807) is 42.5 Å². The van der Waals surface area contributed by atoms with Gasteiger partial charge in [0.25, 0.3) is 0 Å². The zero-order valence-corrected chi connectivity index (χ0v) is 11.2. The molecule has 0 amide bonds. The van der Waals surface area contributed by atoms with Crippen LogP contribution >= 0.6 is 0 Å². The van der Waals surface area contributed by atoms with Crippen LogP contribution in [0.4, 0.5) is 0 Å². The van der Waals surface area contributed by atoms with Crippen molar-refractivity contribution < 1.29 is 20.1 Å². The van der Waals surface area contributed by atoms with Gasteiger partial charge in [-0.2, -0.15) is 0 Å². The van der Waals surface area contributed by atoms with E-state index >= 15 is 0 Å². The number of phenols is 1. The van der Waals surface area contributed by atoms with Crippen LogP contribution in [0, 0.1) is 0 Å². The number of carboxylic acids is 1. The van der Waals surface area contributed by atoms with Crippen molar-refractivity contribution in [2.75, 3.05) is 6.61 Å². The Kier molecular flexibility index (Phi) is 4.68. The first-order chi connectivity index (χ1) is 10.1. The molecular weight excluding hydrogens is 270 g/mol. The zero-order chi connectivity index (χ0) is 15.2. The summed E-state index contributed by atoms with van der Waals surface area (Å²) in [6.07, 6.45) is 0. The molecule has 21 heavy (non-hydrogen) atoms. The lowest BCUT2D eigenvalue weighted by Crippen LogP contribution is -2.24. The summed E-state index contributed by atoms with van der Waals surface area (Å²) in [5, 5.41) is 28.2. The SMILES string of the molecule is O=C(O)[C@@H](CO)N=C(c1ccccc1)c1ccccc1O. The molecule has 0 spiro atoms. The molecule has 1 atom stereocenters. The average molecular weight is 285 g/mol. The van der Waals surface area contributed by atoms with Crippen molar-refractivity contribution in [1.29, 1.82) is 0 Å². The number of carbonyl (C=O) groups is 1. The molecule has 0 aliphatic rings. The summed E-state index contributed by atoms with van der Waals surface area (Å²) in [7, 11) is 0. The summed E-state index contributed by atoms with van der Waals surface area (Å²) >= 11 is 0. The molecule has 2 aromatic rings. The highest BCUT2D eigenvalue weighted by Crippen LogP contribution is 2.21. The van der Waals surface area contributed by atoms with Crippen molar-refractivity contribution >= 4 is 11.7 Å². The maximum absolute atomic E-state index is 11.1. The normalized spacial score (nSPS) is 12.9. The number of aliphatic hydroxyl groups is 1. The van der Waals surface area contributed by atoms with Gasteiger partial charge in [-0.15, -0.1) is 0 Å². The third-order valence-electron chi connectivity index (χ3n) is 2.95. The van der Waals surface area contributed by atoms with Crippen LogP contribution in [0.2, 0.25) is 0 Å². The molecule has 5 heteroatoms. The lowest BCUT2D eigenvalue weighted by molar-refractivity contribution is -0.139. The Morgan fingerprint density at radius 2 is 1.67 bits per heavy atom. The lowest BCUT2D eigenvalue weighted by atomic mass is 10.0. The molecule has 0 radical (unpaired) electrons. The lowest BCUT2D eigenvalue weighted by Gasteiger charge is -2.12. The molecule has 0 unspecified atom stereocenters. The van der Waals surface area contributed by atoms with E-state index in [0.717, 1.165) is 0 Å². The van der Waals surface area contributed by atoms with Crippen LogP contribution in [0.5, 0.6) is 5.75 Å². The van der Waals surface area contributed by atoms with E-state index in [4.69, 9.17) is 10.2 Å². The number of benzene rings is 2. The van der Waals surface area contributed by atoms with E-state index in [1.807, 2.05) is 6.07 Å². The number of hydrogen-bond donors (Lipinski definition) is 3. The van der Waals surface area contributed by atoms with Gasteiger partial charge < -0.3 is 15.3 Å². The average Bonchev–Trinajstić information content (AvgIpc) is 2.50. The van der Waals surface area contributed by atoms with E-state index in [0.29, 0.717) is 16.8 Å². The number of aliphatic hydroxyl groups excluding tert-OH is 1. The third kappa shape index (κ3) is 3.46. The van der Waals surface area contributed by atoms with Crippen LogP contribution in [0.15, 0.2) is 59.6 Å². The molecule has 0 bridgehead atoms. The number of aliphatic imine (C=N–C) groups is 1. The molecule has 0 heterocycles. The molecule has 3 N–H and O–H groups in total. The largest absolute Gasteiger partial charge is 0.507 e. The van der Waals surface area contributed by atoms with E-state index in [1.165, 1.54) is 6.07 Å². The quantitative estimate of drug-likeness (QED) is 0.729. The zero-order valence-electron chi connectivity index (χ0n) is 11.2. The Morgan fingerprint density at radius 1 is 1.05 bits per heavy atom. The van der Waals surface area contributed by atoms with Crippen molar-refractivity contribution in [1.82, 2.24) is 0 Å². The Labute approximate surface area is 121 Å². The number of phenolic OH excluding ortho intramolecular Hbond substituents is 1.